The van der Waals surface area contributed by atoms with Gasteiger partial charge < -0.3 is 9.80 Å². The highest BCUT2D eigenvalue weighted by Gasteiger charge is 2.35. The molecule has 24 heavy (non-hydrogen) atoms. The smallest absolute Gasteiger partial charge is 0.262 e. The van der Waals surface area contributed by atoms with Crippen LogP contribution in [0.25, 0.3) is 10.2 Å². The summed E-state index contributed by atoms with van der Waals surface area (Å²) < 4.78 is 1.69. The molecular weight excluding hydrogens is 328 g/mol. The van der Waals surface area contributed by atoms with E-state index in [9.17, 15) is 14.4 Å². The molecule has 1 saturated heterocycles. The van der Waals surface area contributed by atoms with Crippen molar-refractivity contribution in [3.05, 3.63) is 27.6 Å². The Bertz CT molecular complexity index is 887. The summed E-state index contributed by atoms with van der Waals surface area (Å²) in [5, 5.41) is 2.52. The first-order valence-corrected chi connectivity index (χ1v) is 8.92. The Balaban J connectivity index is 1.57. The standard InChI is InChI=1S/C16H18N4O3S/c1-18-9-10(8-13(18)21)15(22)19-4-2-12-17-14-11(3-7-24-14)16(23)20(12)6-5-19/h3,7,10H,2,4-6,8-9H2,1H3. The maximum atomic E-state index is 12.7. The van der Waals surface area contributed by atoms with Gasteiger partial charge in [-0.1, -0.05) is 0 Å². The van der Waals surface area contributed by atoms with Crippen LogP contribution in [0.4, 0.5) is 0 Å². The summed E-state index contributed by atoms with van der Waals surface area (Å²) in [5.74, 6) is 0.502. The van der Waals surface area contributed by atoms with Crippen LogP contribution in [0.1, 0.15) is 12.2 Å². The minimum atomic E-state index is -0.267. The van der Waals surface area contributed by atoms with Crippen molar-refractivity contribution in [2.75, 3.05) is 26.7 Å². The Morgan fingerprint density at radius 2 is 2.12 bits per heavy atom. The lowest BCUT2D eigenvalue weighted by molar-refractivity contribution is -0.135. The highest BCUT2D eigenvalue weighted by atomic mass is 32.1. The fourth-order valence-electron chi connectivity index (χ4n) is 3.49. The molecule has 2 aromatic rings. The minimum absolute atomic E-state index is 0.00960. The number of nitrogens with zero attached hydrogens (tertiary/aromatic N) is 4. The first kappa shape index (κ1) is 15.3. The third-order valence-corrected chi connectivity index (χ3v) is 5.67. The van der Waals surface area contributed by atoms with Gasteiger partial charge in [-0.15, -0.1) is 11.3 Å². The van der Waals surface area contributed by atoms with Crippen LogP contribution < -0.4 is 5.56 Å². The zero-order valence-corrected chi connectivity index (χ0v) is 14.2. The highest BCUT2D eigenvalue weighted by molar-refractivity contribution is 7.16. The van der Waals surface area contributed by atoms with E-state index < -0.39 is 0 Å². The predicted molar refractivity (Wildman–Crippen MR) is 89.9 cm³/mol. The molecule has 0 spiro atoms. The number of likely N-dealkylation sites (tertiary alicyclic amines) is 1. The van der Waals surface area contributed by atoms with Gasteiger partial charge in [0, 0.05) is 46.1 Å². The molecule has 4 rings (SSSR count). The topological polar surface area (TPSA) is 75.5 Å². The number of amides is 2. The maximum Gasteiger partial charge on any atom is 0.262 e. The number of hydrogen-bond donors (Lipinski definition) is 0. The summed E-state index contributed by atoms with van der Waals surface area (Å²) in [4.78, 5) is 45.7. The monoisotopic (exact) mass is 346 g/mol. The number of aromatic nitrogens is 2. The Hall–Kier alpha value is -2.22. The molecule has 0 N–H and O–H groups in total. The minimum Gasteiger partial charge on any atom is -0.345 e. The summed E-state index contributed by atoms with van der Waals surface area (Å²) in [6.45, 7) is 1.96. The molecule has 1 fully saturated rings. The van der Waals surface area contributed by atoms with Crippen molar-refractivity contribution in [2.24, 2.45) is 5.92 Å². The van der Waals surface area contributed by atoms with E-state index in [-0.39, 0.29) is 29.7 Å². The fraction of sp³-hybridized carbons (Fsp3) is 0.500. The lowest BCUT2D eigenvalue weighted by Gasteiger charge is -2.23. The summed E-state index contributed by atoms with van der Waals surface area (Å²) in [7, 11) is 1.73. The van der Waals surface area contributed by atoms with Crippen LogP contribution in [0.15, 0.2) is 16.2 Å². The van der Waals surface area contributed by atoms with Crippen molar-refractivity contribution in [1.82, 2.24) is 19.4 Å². The van der Waals surface area contributed by atoms with E-state index in [2.05, 4.69) is 4.98 Å². The fourth-order valence-corrected chi connectivity index (χ4v) is 4.26. The Kier molecular flexibility index (Phi) is 3.64. The molecule has 4 heterocycles. The van der Waals surface area contributed by atoms with E-state index in [0.29, 0.717) is 38.0 Å². The Labute approximate surface area is 142 Å². The maximum absolute atomic E-state index is 12.7. The molecule has 0 bridgehead atoms. The van der Waals surface area contributed by atoms with Crippen LogP contribution in [-0.2, 0) is 22.6 Å². The van der Waals surface area contributed by atoms with Gasteiger partial charge in [-0.3, -0.25) is 19.0 Å². The van der Waals surface area contributed by atoms with E-state index in [1.165, 1.54) is 11.3 Å². The molecule has 1 atom stereocenters. The first-order chi connectivity index (χ1) is 11.5. The quantitative estimate of drug-likeness (QED) is 0.745. The zero-order valence-electron chi connectivity index (χ0n) is 13.4. The van der Waals surface area contributed by atoms with Crippen molar-refractivity contribution in [1.29, 1.82) is 0 Å². The van der Waals surface area contributed by atoms with Crippen molar-refractivity contribution in [3.8, 4) is 0 Å². The first-order valence-electron chi connectivity index (χ1n) is 8.04. The van der Waals surface area contributed by atoms with Crippen molar-refractivity contribution >= 4 is 33.4 Å². The molecule has 0 aromatic carbocycles. The van der Waals surface area contributed by atoms with Gasteiger partial charge in [-0.2, -0.15) is 0 Å². The van der Waals surface area contributed by atoms with Gasteiger partial charge in [0.1, 0.15) is 10.7 Å². The molecular formula is C16H18N4O3S. The lowest BCUT2D eigenvalue weighted by Crippen LogP contribution is -2.39. The number of rotatable bonds is 1. The molecule has 2 aliphatic heterocycles. The normalized spacial score (nSPS) is 21.2. The number of carbonyl (C=O) groups excluding carboxylic acids is 2. The van der Waals surface area contributed by atoms with E-state index in [1.807, 2.05) is 5.38 Å². The third kappa shape index (κ3) is 2.41. The van der Waals surface area contributed by atoms with Crippen molar-refractivity contribution in [3.63, 3.8) is 0 Å². The molecule has 2 amide bonds. The molecule has 126 valence electrons. The van der Waals surface area contributed by atoms with E-state index >= 15 is 0 Å². The Morgan fingerprint density at radius 1 is 1.29 bits per heavy atom. The number of carbonyl (C=O) groups is 2. The third-order valence-electron chi connectivity index (χ3n) is 4.86. The largest absolute Gasteiger partial charge is 0.345 e. The van der Waals surface area contributed by atoms with Crippen molar-refractivity contribution < 1.29 is 9.59 Å². The predicted octanol–water partition coefficient (Wildman–Crippen LogP) is 0.321. The molecule has 0 saturated carbocycles. The van der Waals surface area contributed by atoms with Gasteiger partial charge in [0.05, 0.1) is 11.3 Å². The molecule has 2 aliphatic rings. The van der Waals surface area contributed by atoms with Crippen LogP contribution in [0, 0.1) is 5.92 Å². The second-order valence-corrected chi connectivity index (χ2v) is 7.27. The summed E-state index contributed by atoms with van der Waals surface area (Å²) in [6.07, 6.45) is 0.845. The van der Waals surface area contributed by atoms with Crippen LogP contribution in [0.3, 0.4) is 0 Å². The molecule has 0 aliphatic carbocycles. The Morgan fingerprint density at radius 3 is 2.88 bits per heavy atom. The molecule has 1 unspecified atom stereocenters. The van der Waals surface area contributed by atoms with Crippen LogP contribution in [0.2, 0.25) is 0 Å². The van der Waals surface area contributed by atoms with Gasteiger partial charge in [0.25, 0.3) is 5.56 Å². The summed E-state index contributed by atoms with van der Waals surface area (Å²) >= 11 is 1.46. The molecule has 8 heteroatoms. The van der Waals surface area contributed by atoms with E-state index in [0.717, 1.165) is 10.7 Å². The van der Waals surface area contributed by atoms with Gasteiger partial charge in [-0.25, -0.2) is 4.98 Å². The van der Waals surface area contributed by atoms with Gasteiger partial charge in [0.15, 0.2) is 0 Å². The number of fused-ring (bicyclic) bond motifs is 2. The van der Waals surface area contributed by atoms with Gasteiger partial charge in [-0.05, 0) is 11.4 Å². The second kappa shape index (κ2) is 5.70. The van der Waals surface area contributed by atoms with E-state index in [4.69, 9.17) is 0 Å². The lowest BCUT2D eigenvalue weighted by atomic mass is 10.1. The average molecular weight is 346 g/mol. The van der Waals surface area contributed by atoms with Gasteiger partial charge >= 0.3 is 0 Å². The number of hydrogen-bond acceptors (Lipinski definition) is 5. The van der Waals surface area contributed by atoms with Crippen LogP contribution in [0.5, 0.6) is 0 Å². The summed E-state index contributed by atoms with van der Waals surface area (Å²) in [6, 6.07) is 1.80. The SMILES string of the molecule is CN1CC(C(=O)N2CCc3nc4sccc4c(=O)n3CC2)CC1=O. The van der Waals surface area contributed by atoms with E-state index in [1.54, 1.807) is 27.5 Å². The second-order valence-electron chi connectivity index (χ2n) is 6.37. The van der Waals surface area contributed by atoms with Crippen LogP contribution in [-0.4, -0.2) is 57.8 Å². The van der Waals surface area contributed by atoms with Crippen LogP contribution >= 0.6 is 11.3 Å². The van der Waals surface area contributed by atoms with Gasteiger partial charge in [0.2, 0.25) is 11.8 Å². The average Bonchev–Trinajstić information content (AvgIpc) is 3.09. The van der Waals surface area contributed by atoms with Crippen molar-refractivity contribution in [2.45, 2.75) is 19.4 Å². The number of thiophene rings is 1. The molecule has 2 aromatic heterocycles. The molecule has 0 radical (unpaired) electrons. The highest BCUT2D eigenvalue weighted by Crippen LogP contribution is 2.21. The summed E-state index contributed by atoms with van der Waals surface area (Å²) in [5.41, 5.74) is -0.0265. The zero-order chi connectivity index (χ0) is 16.8. The molecule has 7 nitrogen and oxygen atoms in total.